The first kappa shape index (κ1) is 15.6. The Morgan fingerprint density at radius 3 is 3.22 bits per heavy atom. The van der Waals surface area contributed by atoms with Crippen molar-refractivity contribution in [1.82, 2.24) is 25.4 Å². The Labute approximate surface area is 136 Å². The maximum absolute atomic E-state index is 5.34. The molecule has 0 fully saturated rings. The number of rotatable bonds is 5. The summed E-state index contributed by atoms with van der Waals surface area (Å²) in [6.07, 6.45) is 4.63. The molecule has 0 saturated heterocycles. The molecule has 2 aromatic heterocycles. The summed E-state index contributed by atoms with van der Waals surface area (Å²) in [7, 11) is 0. The third-order valence-corrected chi connectivity index (χ3v) is 3.84. The SMILES string of the molecule is CCNC(=NCCc1ccco1)NC1CCCn2nc(C)nc21. The van der Waals surface area contributed by atoms with E-state index in [2.05, 4.69) is 32.6 Å². The Balaban J connectivity index is 1.65. The fraction of sp³-hybridized carbons (Fsp3) is 0.562. The average molecular weight is 316 g/mol. The zero-order valence-electron chi connectivity index (χ0n) is 13.7. The zero-order valence-corrected chi connectivity index (χ0v) is 13.7. The Morgan fingerprint density at radius 2 is 2.43 bits per heavy atom. The maximum atomic E-state index is 5.34. The average Bonchev–Trinajstić information content (AvgIpc) is 3.16. The molecule has 0 aromatic carbocycles. The van der Waals surface area contributed by atoms with Crippen LogP contribution >= 0.6 is 0 Å². The van der Waals surface area contributed by atoms with Crippen molar-refractivity contribution in [3.8, 4) is 0 Å². The molecule has 0 spiro atoms. The first-order chi connectivity index (χ1) is 11.3. The highest BCUT2D eigenvalue weighted by molar-refractivity contribution is 5.80. The number of furan rings is 1. The largest absolute Gasteiger partial charge is 0.469 e. The summed E-state index contributed by atoms with van der Waals surface area (Å²) in [6.45, 7) is 6.45. The van der Waals surface area contributed by atoms with Crippen LogP contribution in [0.2, 0.25) is 0 Å². The Bertz CT molecular complexity index is 646. The molecule has 3 rings (SSSR count). The van der Waals surface area contributed by atoms with Crippen LogP contribution in [0.4, 0.5) is 0 Å². The number of hydrogen-bond acceptors (Lipinski definition) is 4. The van der Waals surface area contributed by atoms with Crippen molar-refractivity contribution in [2.75, 3.05) is 13.1 Å². The van der Waals surface area contributed by atoms with Gasteiger partial charge in [0.2, 0.25) is 0 Å². The van der Waals surface area contributed by atoms with Crippen LogP contribution in [0.25, 0.3) is 0 Å². The molecular formula is C16H24N6O. The van der Waals surface area contributed by atoms with E-state index in [4.69, 9.17) is 4.42 Å². The fourth-order valence-corrected chi connectivity index (χ4v) is 2.82. The van der Waals surface area contributed by atoms with Gasteiger partial charge in [-0.25, -0.2) is 9.67 Å². The highest BCUT2D eigenvalue weighted by Crippen LogP contribution is 2.22. The topological polar surface area (TPSA) is 80.3 Å². The lowest BCUT2D eigenvalue weighted by atomic mass is 10.1. The molecule has 124 valence electrons. The summed E-state index contributed by atoms with van der Waals surface area (Å²) in [5, 5.41) is 11.2. The smallest absolute Gasteiger partial charge is 0.191 e. The van der Waals surface area contributed by atoms with Gasteiger partial charge in [-0.2, -0.15) is 5.10 Å². The van der Waals surface area contributed by atoms with E-state index in [0.29, 0.717) is 6.54 Å². The lowest BCUT2D eigenvalue weighted by Gasteiger charge is -2.25. The highest BCUT2D eigenvalue weighted by atomic mass is 16.3. The van der Waals surface area contributed by atoms with Gasteiger partial charge in [0.15, 0.2) is 5.96 Å². The number of aryl methyl sites for hydroxylation is 2. The van der Waals surface area contributed by atoms with Crippen LogP contribution in [0.5, 0.6) is 0 Å². The monoisotopic (exact) mass is 316 g/mol. The molecule has 1 aliphatic heterocycles. The van der Waals surface area contributed by atoms with E-state index in [1.807, 2.05) is 23.7 Å². The fourth-order valence-electron chi connectivity index (χ4n) is 2.82. The molecule has 2 N–H and O–H groups in total. The zero-order chi connectivity index (χ0) is 16.1. The van der Waals surface area contributed by atoms with E-state index in [1.54, 1.807) is 6.26 Å². The van der Waals surface area contributed by atoms with Crippen molar-refractivity contribution in [1.29, 1.82) is 0 Å². The van der Waals surface area contributed by atoms with E-state index in [9.17, 15) is 0 Å². The van der Waals surface area contributed by atoms with Crippen molar-refractivity contribution >= 4 is 5.96 Å². The van der Waals surface area contributed by atoms with Gasteiger partial charge in [-0.3, -0.25) is 4.99 Å². The van der Waals surface area contributed by atoms with Gasteiger partial charge in [-0.15, -0.1) is 0 Å². The molecule has 2 aromatic rings. The third-order valence-electron chi connectivity index (χ3n) is 3.84. The summed E-state index contributed by atoms with van der Waals surface area (Å²) in [5.74, 6) is 3.61. The van der Waals surface area contributed by atoms with Crippen LogP contribution in [-0.4, -0.2) is 33.8 Å². The lowest BCUT2D eigenvalue weighted by molar-refractivity contribution is 0.397. The van der Waals surface area contributed by atoms with Gasteiger partial charge < -0.3 is 15.1 Å². The molecule has 0 aliphatic carbocycles. The molecule has 0 radical (unpaired) electrons. The number of nitrogens with one attached hydrogen (secondary N) is 2. The Kier molecular flexibility index (Phi) is 4.95. The summed E-state index contributed by atoms with van der Waals surface area (Å²) < 4.78 is 7.35. The summed E-state index contributed by atoms with van der Waals surface area (Å²) in [5.41, 5.74) is 0. The quantitative estimate of drug-likeness (QED) is 0.649. The van der Waals surface area contributed by atoms with Gasteiger partial charge in [0.25, 0.3) is 0 Å². The molecule has 0 bridgehead atoms. The second-order valence-electron chi connectivity index (χ2n) is 5.67. The minimum Gasteiger partial charge on any atom is -0.469 e. The second kappa shape index (κ2) is 7.30. The van der Waals surface area contributed by atoms with Crippen molar-refractivity contribution in [3.63, 3.8) is 0 Å². The lowest BCUT2D eigenvalue weighted by Crippen LogP contribution is -2.41. The van der Waals surface area contributed by atoms with E-state index in [1.165, 1.54) is 0 Å². The van der Waals surface area contributed by atoms with E-state index < -0.39 is 0 Å². The van der Waals surface area contributed by atoms with Crippen molar-refractivity contribution in [2.24, 2.45) is 4.99 Å². The molecule has 1 unspecified atom stereocenters. The third kappa shape index (κ3) is 3.91. The van der Waals surface area contributed by atoms with Crippen molar-refractivity contribution < 1.29 is 4.42 Å². The molecule has 23 heavy (non-hydrogen) atoms. The predicted octanol–water partition coefficient (Wildman–Crippen LogP) is 1.81. The van der Waals surface area contributed by atoms with Gasteiger partial charge in [0, 0.05) is 26.1 Å². The number of guanidine groups is 1. The molecule has 7 heteroatoms. The van der Waals surface area contributed by atoms with Crippen molar-refractivity contribution in [2.45, 2.75) is 45.7 Å². The molecule has 1 aliphatic rings. The highest BCUT2D eigenvalue weighted by Gasteiger charge is 2.24. The minimum absolute atomic E-state index is 0.159. The number of hydrogen-bond donors (Lipinski definition) is 2. The molecule has 3 heterocycles. The van der Waals surface area contributed by atoms with Crippen LogP contribution in [0.15, 0.2) is 27.8 Å². The normalized spacial score (nSPS) is 17.8. The minimum atomic E-state index is 0.159. The van der Waals surface area contributed by atoms with Crippen LogP contribution in [0.3, 0.4) is 0 Å². The Hall–Kier alpha value is -2.31. The molecule has 7 nitrogen and oxygen atoms in total. The summed E-state index contributed by atoms with van der Waals surface area (Å²) >= 11 is 0. The number of fused-ring (bicyclic) bond motifs is 1. The van der Waals surface area contributed by atoms with Crippen LogP contribution < -0.4 is 10.6 Å². The number of nitrogens with zero attached hydrogens (tertiary/aromatic N) is 4. The van der Waals surface area contributed by atoms with E-state index in [-0.39, 0.29) is 6.04 Å². The van der Waals surface area contributed by atoms with Crippen LogP contribution in [0, 0.1) is 6.92 Å². The number of aliphatic imine (C=N–C) groups is 1. The van der Waals surface area contributed by atoms with Gasteiger partial charge in [-0.1, -0.05) is 0 Å². The standard InChI is InChI=1S/C16H24N6O/c1-3-17-16(18-9-8-13-6-5-11-23-13)20-14-7-4-10-22-15(14)19-12(2)21-22/h5-6,11,14H,3-4,7-10H2,1-2H3,(H2,17,18,20). The first-order valence-corrected chi connectivity index (χ1v) is 8.25. The Morgan fingerprint density at radius 1 is 1.52 bits per heavy atom. The summed E-state index contributed by atoms with van der Waals surface area (Å²) in [6, 6.07) is 4.04. The van der Waals surface area contributed by atoms with Gasteiger partial charge in [0.1, 0.15) is 17.4 Å². The maximum Gasteiger partial charge on any atom is 0.191 e. The van der Waals surface area contributed by atoms with Crippen LogP contribution in [-0.2, 0) is 13.0 Å². The van der Waals surface area contributed by atoms with Gasteiger partial charge in [0.05, 0.1) is 12.3 Å². The van der Waals surface area contributed by atoms with Gasteiger partial charge in [-0.05, 0) is 38.8 Å². The first-order valence-electron chi connectivity index (χ1n) is 8.25. The summed E-state index contributed by atoms with van der Waals surface area (Å²) in [4.78, 5) is 9.20. The van der Waals surface area contributed by atoms with E-state index >= 15 is 0 Å². The number of aromatic nitrogens is 3. The van der Waals surface area contributed by atoms with Crippen molar-refractivity contribution in [3.05, 3.63) is 35.8 Å². The second-order valence-corrected chi connectivity index (χ2v) is 5.67. The van der Waals surface area contributed by atoms with E-state index in [0.717, 1.165) is 55.7 Å². The molecule has 0 saturated carbocycles. The molecule has 0 amide bonds. The predicted molar refractivity (Wildman–Crippen MR) is 88.3 cm³/mol. The molecule has 1 atom stereocenters. The molecular weight excluding hydrogens is 292 g/mol. The van der Waals surface area contributed by atoms with Gasteiger partial charge >= 0.3 is 0 Å². The van der Waals surface area contributed by atoms with Crippen LogP contribution in [0.1, 0.15) is 43.2 Å².